The lowest BCUT2D eigenvalue weighted by molar-refractivity contribution is 0.0998. The predicted molar refractivity (Wildman–Crippen MR) is 81.8 cm³/mol. The number of hydrogen-bond acceptors (Lipinski definition) is 3. The van der Waals surface area contributed by atoms with E-state index in [1.165, 1.54) is 0 Å². The molecular weight excluding hydrogens is 320 g/mol. The normalized spacial score (nSPS) is 11.9. The molecule has 0 heterocycles. The fourth-order valence-electron chi connectivity index (χ4n) is 1.83. The fourth-order valence-corrected chi connectivity index (χ4v) is 2.55. The summed E-state index contributed by atoms with van der Waals surface area (Å²) >= 11 is 3.46. The van der Waals surface area contributed by atoms with E-state index in [9.17, 15) is 4.79 Å². The minimum Gasteiger partial charge on any atom is -0.456 e. The number of primary amides is 1. The molecule has 5 heteroatoms. The minimum atomic E-state index is -0.521. The van der Waals surface area contributed by atoms with Crippen LogP contribution in [0, 0.1) is 0 Å². The Morgan fingerprint density at radius 2 is 1.95 bits per heavy atom. The van der Waals surface area contributed by atoms with E-state index < -0.39 is 5.91 Å². The summed E-state index contributed by atoms with van der Waals surface area (Å²) in [5.74, 6) is 0.516. The topological polar surface area (TPSA) is 78.3 Å². The molecule has 0 saturated carbocycles. The van der Waals surface area contributed by atoms with E-state index in [0.29, 0.717) is 17.1 Å². The summed E-state index contributed by atoms with van der Waals surface area (Å²) in [6.07, 6.45) is 0. The lowest BCUT2D eigenvalue weighted by Gasteiger charge is -2.12. The van der Waals surface area contributed by atoms with Gasteiger partial charge in [-0.2, -0.15) is 0 Å². The summed E-state index contributed by atoms with van der Waals surface area (Å²) in [6.45, 7) is 1.91. The average molecular weight is 335 g/mol. The summed E-state index contributed by atoms with van der Waals surface area (Å²) in [5.41, 5.74) is 12.5. The summed E-state index contributed by atoms with van der Waals surface area (Å²) in [5, 5.41) is 0. The van der Waals surface area contributed by atoms with E-state index in [-0.39, 0.29) is 6.04 Å². The Hall–Kier alpha value is -1.85. The van der Waals surface area contributed by atoms with Crippen molar-refractivity contribution in [2.45, 2.75) is 13.0 Å². The van der Waals surface area contributed by atoms with Crippen molar-refractivity contribution in [3.8, 4) is 11.5 Å². The first-order chi connectivity index (χ1) is 9.49. The van der Waals surface area contributed by atoms with Crippen molar-refractivity contribution >= 4 is 21.8 Å². The van der Waals surface area contributed by atoms with Gasteiger partial charge in [0.25, 0.3) is 5.91 Å². The number of ether oxygens (including phenoxy) is 1. The van der Waals surface area contributed by atoms with Gasteiger partial charge < -0.3 is 16.2 Å². The highest BCUT2D eigenvalue weighted by atomic mass is 79.9. The number of amides is 1. The van der Waals surface area contributed by atoms with Crippen molar-refractivity contribution < 1.29 is 9.53 Å². The van der Waals surface area contributed by atoms with E-state index in [1.807, 2.05) is 19.1 Å². The van der Waals surface area contributed by atoms with E-state index >= 15 is 0 Å². The third-order valence-electron chi connectivity index (χ3n) is 2.84. The Morgan fingerprint density at radius 3 is 2.55 bits per heavy atom. The third-order valence-corrected chi connectivity index (χ3v) is 3.53. The van der Waals surface area contributed by atoms with Crippen molar-refractivity contribution in [3.05, 3.63) is 58.1 Å². The largest absolute Gasteiger partial charge is 0.456 e. The molecule has 2 aromatic rings. The molecule has 0 aromatic heterocycles. The van der Waals surface area contributed by atoms with Crippen LogP contribution in [0.4, 0.5) is 0 Å². The van der Waals surface area contributed by atoms with Gasteiger partial charge in [-0.25, -0.2) is 0 Å². The van der Waals surface area contributed by atoms with Crippen LogP contribution in [0.1, 0.15) is 28.9 Å². The highest BCUT2D eigenvalue weighted by Gasteiger charge is 2.11. The van der Waals surface area contributed by atoms with Crippen LogP contribution >= 0.6 is 15.9 Å². The van der Waals surface area contributed by atoms with E-state index in [0.717, 1.165) is 10.0 Å². The van der Waals surface area contributed by atoms with E-state index in [1.54, 1.807) is 30.3 Å². The number of hydrogen-bond donors (Lipinski definition) is 2. The molecule has 4 N–H and O–H groups in total. The molecule has 0 spiro atoms. The maximum atomic E-state index is 11.3. The molecule has 20 heavy (non-hydrogen) atoms. The molecule has 104 valence electrons. The van der Waals surface area contributed by atoms with Gasteiger partial charge in [0, 0.05) is 10.5 Å². The standard InChI is InChI=1S/C15H15BrN2O2/c1-9(17)11-7-6-10(8-13(11)16)20-14-5-3-2-4-12(14)15(18)19/h2-9H,17H2,1H3,(H2,18,19). The van der Waals surface area contributed by atoms with Crippen LogP contribution in [0.5, 0.6) is 11.5 Å². The maximum Gasteiger partial charge on any atom is 0.252 e. The minimum absolute atomic E-state index is 0.0728. The molecule has 2 aromatic carbocycles. The maximum absolute atomic E-state index is 11.3. The highest BCUT2D eigenvalue weighted by molar-refractivity contribution is 9.10. The number of carbonyl (C=O) groups excluding carboxylic acids is 1. The van der Waals surface area contributed by atoms with Crippen molar-refractivity contribution in [1.82, 2.24) is 0 Å². The summed E-state index contributed by atoms with van der Waals surface area (Å²) < 4.78 is 6.58. The van der Waals surface area contributed by atoms with Gasteiger partial charge in [-0.15, -0.1) is 0 Å². The van der Waals surface area contributed by atoms with Crippen LogP contribution in [0.3, 0.4) is 0 Å². The first-order valence-electron chi connectivity index (χ1n) is 6.10. The first kappa shape index (κ1) is 14.6. The molecule has 0 radical (unpaired) electrons. The molecule has 0 bridgehead atoms. The van der Waals surface area contributed by atoms with Gasteiger partial charge in [0.2, 0.25) is 0 Å². The van der Waals surface area contributed by atoms with Gasteiger partial charge in [-0.3, -0.25) is 4.79 Å². The van der Waals surface area contributed by atoms with Gasteiger partial charge >= 0.3 is 0 Å². The Balaban J connectivity index is 2.31. The van der Waals surface area contributed by atoms with Crippen molar-refractivity contribution in [3.63, 3.8) is 0 Å². The zero-order valence-electron chi connectivity index (χ0n) is 11.0. The van der Waals surface area contributed by atoms with Gasteiger partial charge in [0.1, 0.15) is 11.5 Å². The molecule has 4 nitrogen and oxygen atoms in total. The summed E-state index contributed by atoms with van der Waals surface area (Å²) in [7, 11) is 0. The van der Waals surface area contributed by atoms with Gasteiger partial charge in [-0.1, -0.05) is 34.1 Å². The monoisotopic (exact) mass is 334 g/mol. The smallest absolute Gasteiger partial charge is 0.252 e. The van der Waals surface area contributed by atoms with Crippen LogP contribution in [0.15, 0.2) is 46.9 Å². The lowest BCUT2D eigenvalue weighted by Crippen LogP contribution is -2.12. The Labute approximate surface area is 125 Å². The summed E-state index contributed by atoms with van der Waals surface area (Å²) in [6, 6.07) is 12.3. The molecular formula is C15H15BrN2O2. The highest BCUT2D eigenvalue weighted by Crippen LogP contribution is 2.30. The number of halogens is 1. The molecule has 1 amide bonds. The number of para-hydroxylation sites is 1. The van der Waals surface area contributed by atoms with Crippen LogP contribution in [-0.4, -0.2) is 5.91 Å². The number of rotatable bonds is 4. The number of benzene rings is 2. The quantitative estimate of drug-likeness (QED) is 0.899. The molecule has 2 rings (SSSR count). The SMILES string of the molecule is CC(N)c1ccc(Oc2ccccc2C(N)=O)cc1Br. The molecule has 0 aliphatic carbocycles. The molecule has 1 unspecified atom stereocenters. The van der Waals surface area contributed by atoms with Crippen molar-refractivity contribution in [1.29, 1.82) is 0 Å². The fraction of sp³-hybridized carbons (Fsp3) is 0.133. The molecule has 0 aliphatic rings. The van der Waals surface area contributed by atoms with Crippen LogP contribution in [0.2, 0.25) is 0 Å². The zero-order valence-corrected chi connectivity index (χ0v) is 12.6. The van der Waals surface area contributed by atoms with E-state index in [4.69, 9.17) is 16.2 Å². The van der Waals surface area contributed by atoms with Crippen LogP contribution in [0.25, 0.3) is 0 Å². The Bertz CT molecular complexity index is 642. The Kier molecular flexibility index (Phi) is 4.42. The second kappa shape index (κ2) is 6.07. The Morgan fingerprint density at radius 1 is 1.25 bits per heavy atom. The predicted octanol–water partition coefficient (Wildman–Crippen LogP) is 3.36. The van der Waals surface area contributed by atoms with Crippen molar-refractivity contribution in [2.75, 3.05) is 0 Å². The summed E-state index contributed by atoms with van der Waals surface area (Å²) in [4.78, 5) is 11.3. The van der Waals surface area contributed by atoms with Crippen molar-refractivity contribution in [2.24, 2.45) is 11.5 Å². The first-order valence-corrected chi connectivity index (χ1v) is 6.90. The van der Waals surface area contributed by atoms with Gasteiger partial charge in [0.05, 0.1) is 5.56 Å². The van der Waals surface area contributed by atoms with Gasteiger partial charge in [0.15, 0.2) is 0 Å². The molecule has 0 fully saturated rings. The third kappa shape index (κ3) is 3.18. The lowest BCUT2D eigenvalue weighted by atomic mass is 10.1. The van der Waals surface area contributed by atoms with Gasteiger partial charge in [-0.05, 0) is 36.8 Å². The van der Waals surface area contributed by atoms with E-state index in [2.05, 4.69) is 15.9 Å². The van der Waals surface area contributed by atoms with Crippen LogP contribution in [-0.2, 0) is 0 Å². The van der Waals surface area contributed by atoms with Crippen LogP contribution < -0.4 is 16.2 Å². The molecule has 0 saturated heterocycles. The second-order valence-electron chi connectivity index (χ2n) is 4.43. The number of nitrogens with two attached hydrogens (primary N) is 2. The number of carbonyl (C=O) groups is 1. The molecule has 1 atom stereocenters. The second-order valence-corrected chi connectivity index (χ2v) is 5.29. The molecule has 0 aliphatic heterocycles. The zero-order chi connectivity index (χ0) is 14.7. The average Bonchev–Trinajstić information content (AvgIpc) is 2.38.